The van der Waals surface area contributed by atoms with E-state index in [0.717, 1.165) is 22.4 Å². The molecule has 0 unspecified atom stereocenters. The monoisotopic (exact) mass is 253 g/mol. The number of hydrogen-bond acceptors (Lipinski definition) is 2. The molecule has 0 fully saturated rings. The minimum absolute atomic E-state index is 0.114. The smallest absolute Gasteiger partial charge is 0.181 e. The molecule has 0 saturated carbocycles. The Morgan fingerprint density at radius 1 is 0.947 bits per heavy atom. The van der Waals surface area contributed by atoms with Crippen molar-refractivity contribution < 1.29 is 4.79 Å². The summed E-state index contributed by atoms with van der Waals surface area (Å²) in [6.45, 7) is 6.44. The fraction of sp³-hybridized carbons (Fsp3) is 0.235. The van der Waals surface area contributed by atoms with Gasteiger partial charge in [-0.2, -0.15) is 0 Å². The lowest BCUT2D eigenvalue weighted by molar-refractivity contribution is 0.101. The van der Waals surface area contributed by atoms with Crippen LogP contribution in [0.4, 0.5) is 5.69 Å². The summed E-state index contributed by atoms with van der Waals surface area (Å²) in [6.07, 6.45) is 0. The normalized spacial score (nSPS) is 10.3. The largest absolute Gasteiger partial charge is 0.377 e. The molecular weight excluding hydrogens is 234 g/mol. The van der Waals surface area contributed by atoms with E-state index in [4.69, 9.17) is 0 Å². The van der Waals surface area contributed by atoms with Crippen molar-refractivity contribution in [3.8, 4) is 0 Å². The summed E-state index contributed by atoms with van der Waals surface area (Å²) in [5, 5.41) is 3.24. The Bertz CT molecular complexity index is 564. The van der Waals surface area contributed by atoms with E-state index in [-0.39, 0.29) is 5.78 Å². The molecule has 0 aliphatic heterocycles. The van der Waals surface area contributed by atoms with Crippen LogP contribution in [0.3, 0.4) is 0 Å². The van der Waals surface area contributed by atoms with Crippen molar-refractivity contribution in [3.63, 3.8) is 0 Å². The van der Waals surface area contributed by atoms with Crippen molar-refractivity contribution in [2.45, 2.75) is 20.8 Å². The molecule has 0 aliphatic rings. The Morgan fingerprint density at radius 3 is 2.11 bits per heavy atom. The third kappa shape index (κ3) is 3.22. The van der Waals surface area contributed by atoms with Crippen molar-refractivity contribution in [3.05, 3.63) is 64.7 Å². The molecule has 2 aromatic carbocycles. The summed E-state index contributed by atoms with van der Waals surface area (Å²) >= 11 is 0. The lowest BCUT2D eigenvalue weighted by Crippen LogP contribution is -2.15. The lowest BCUT2D eigenvalue weighted by Gasteiger charge is -2.12. The molecule has 0 heterocycles. The van der Waals surface area contributed by atoms with E-state index in [1.807, 2.05) is 63.2 Å². The number of Topliss-reactive ketones (excluding diaryl/α,β-unsaturated/α-hetero) is 1. The van der Waals surface area contributed by atoms with Gasteiger partial charge in [-0.3, -0.25) is 4.79 Å². The number of carbonyl (C=O) groups is 1. The average Bonchev–Trinajstić information content (AvgIpc) is 2.38. The Labute approximate surface area is 114 Å². The molecule has 1 N–H and O–H groups in total. The van der Waals surface area contributed by atoms with E-state index in [9.17, 15) is 4.79 Å². The van der Waals surface area contributed by atoms with Crippen LogP contribution in [-0.2, 0) is 0 Å². The van der Waals surface area contributed by atoms with Crippen LogP contribution in [0.2, 0.25) is 0 Å². The zero-order valence-electron chi connectivity index (χ0n) is 11.7. The van der Waals surface area contributed by atoms with E-state index in [1.54, 1.807) is 0 Å². The van der Waals surface area contributed by atoms with Crippen LogP contribution in [0, 0.1) is 20.8 Å². The second kappa shape index (κ2) is 5.70. The number of hydrogen-bond donors (Lipinski definition) is 1. The van der Waals surface area contributed by atoms with Crippen molar-refractivity contribution >= 4 is 11.5 Å². The van der Waals surface area contributed by atoms with Gasteiger partial charge in [-0.25, -0.2) is 0 Å². The topological polar surface area (TPSA) is 29.1 Å². The van der Waals surface area contributed by atoms with Gasteiger partial charge < -0.3 is 5.32 Å². The Kier molecular flexibility index (Phi) is 4.00. The maximum Gasteiger partial charge on any atom is 0.181 e. The third-order valence-electron chi connectivity index (χ3n) is 3.28. The van der Waals surface area contributed by atoms with Crippen LogP contribution in [0.1, 0.15) is 27.0 Å². The quantitative estimate of drug-likeness (QED) is 0.837. The summed E-state index contributed by atoms with van der Waals surface area (Å²) in [7, 11) is 0. The zero-order valence-corrected chi connectivity index (χ0v) is 11.7. The first-order valence-corrected chi connectivity index (χ1v) is 6.48. The van der Waals surface area contributed by atoms with Gasteiger partial charge >= 0.3 is 0 Å². The molecule has 0 aliphatic carbocycles. The number of para-hydroxylation sites is 1. The van der Waals surface area contributed by atoms with Gasteiger partial charge in [0.15, 0.2) is 5.78 Å². The molecule has 0 radical (unpaired) electrons. The summed E-state index contributed by atoms with van der Waals surface area (Å²) in [5.41, 5.74) is 5.31. The SMILES string of the molecule is Cc1ccc(C(=O)CNc2c(C)cccc2C)cc1. The van der Waals surface area contributed by atoms with Gasteiger partial charge in [-0.15, -0.1) is 0 Å². The van der Waals surface area contributed by atoms with Crippen molar-refractivity contribution in [2.24, 2.45) is 0 Å². The first-order chi connectivity index (χ1) is 9.08. The molecule has 0 bridgehead atoms. The van der Waals surface area contributed by atoms with Gasteiger partial charge in [0.25, 0.3) is 0 Å². The van der Waals surface area contributed by atoms with Crippen molar-refractivity contribution in [1.29, 1.82) is 0 Å². The number of aryl methyl sites for hydroxylation is 3. The van der Waals surface area contributed by atoms with Gasteiger partial charge in [0.2, 0.25) is 0 Å². The third-order valence-corrected chi connectivity index (χ3v) is 3.28. The van der Waals surface area contributed by atoms with Gasteiger partial charge in [-0.1, -0.05) is 48.0 Å². The highest BCUT2D eigenvalue weighted by Gasteiger charge is 2.07. The molecule has 2 aromatic rings. The van der Waals surface area contributed by atoms with Crippen LogP contribution in [-0.4, -0.2) is 12.3 Å². The molecule has 0 spiro atoms. The molecule has 0 amide bonds. The first kappa shape index (κ1) is 13.3. The molecule has 0 atom stereocenters. The van der Waals surface area contributed by atoms with Gasteiger partial charge in [0.05, 0.1) is 6.54 Å². The molecule has 2 rings (SSSR count). The van der Waals surface area contributed by atoms with E-state index in [0.29, 0.717) is 6.54 Å². The second-order valence-electron chi connectivity index (χ2n) is 4.91. The van der Waals surface area contributed by atoms with E-state index in [2.05, 4.69) is 5.32 Å². The number of ketones is 1. The van der Waals surface area contributed by atoms with Crippen LogP contribution < -0.4 is 5.32 Å². The number of carbonyl (C=O) groups excluding carboxylic acids is 1. The summed E-state index contributed by atoms with van der Waals surface area (Å²) in [5.74, 6) is 0.114. The molecular formula is C17H19NO. The maximum atomic E-state index is 12.1. The molecule has 0 saturated heterocycles. The molecule has 98 valence electrons. The highest BCUT2D eigenvalue weighted by Crippen LogP contribution is 2.19. The predicted octanol–water partition coefficient (Wildman–Crippen LogP) is 3.91. The number of nitrogens with one attached hydrogen (secondary N) is 1. The second-order valence-corrected chi connectivity index (χ2v) is 4.91. The Morgan fingerprint density at radius 2 is 1.53 bits per heavy atom. The lowest BCUT2D eigenvalue weighted by atomic mass is 10.1. The fourth-order valence-corrected chi connectivity index (χ4v) is 2.10. The van der Waals surface area contributed by atoms with E-state index in [1.165, 1.54) is 5.56 Å². The number of anilines is 1. The Hall–Kier alpha value is -2.09. The predicted molar refractivity (Wildman–Crippen MR) is 79.9 cm³/mol. The van der Waals surface area contributed by atoms with Gasteiger partial charge in [0, 0.05) is 11.3 Å². The summed E-state index contributed by atoms with van der Waals surface area (Å²) in [6, 6.07) is 13.8. The molecule has 2 nitrogen and oxygen atoms in total. The van der Waals surface area contributed by atoms with Crippen LogP contribution in [0.15, 0.2) is 42.5 Å². The minimum atomic E-state index is 0.114. The van der Waals surface area contributed by atoms with Crippen LogP contribution in [0.25, 0.3) is 0 Å². The van der Waals surface area contributed by atoms with Gasteiger partial charge in [-0.05, 0) is 31.9 Å². The Balaban J connectivity index is 2.06. The average molecular weight is 253 g/mol. The number of benzene rings is 2. The molecule has 2 heteroatoms. The first-order valence-electron chi connectivity index (χ1n) is 6.48. The van der Waals surface area contributed by atoms with Crippen molar-refractivity contribution in [2.75, 3.05) is 11.9 Å². The standard InChI is InChI=1S/C17H19NO/c1-12-7-9-15(10-8-12)16(19)11-18-17-13(2)5-4-6-14(17)3/h4-10,18H,11H2,1-3H3. The van der Waals surface area contributed by atoms with Crippen LogP contribution >= 0.6 is 0 Å². The minimum Gasteiger partial charge on any atom is -0.377 e. The molecule has 0 aromatic heterocycles. The van der Waals surface area contributed by atoms with Gasteiger partial charge in [0.1, 0.15) is 0 Å². The maximum absolute atomic E-state index is 12.1. The summed E-state index contributed by atoms with van der Waals surface area (Å²) in [4.78, 5) is 12.1. The zero-order chi connectivity index (χ0) is 13.8. The van der Waals surface area contributed by atoms with E-state index < -0.39 is 0 Å². The highest BCUT2D eigenvalue weighted by atomic mass is 16.1. The highest BCUT2D eigenvalue weighted by molar-refractivity contribution is 5.99. The van der Waals surface area contributed by atoms with E-state index >= 15 is 0 Å². The van der Waals surface area contributed by atoms with Crippen molar-refractivity contribution in [1.82, 2.24) is 0 Å². The summed E-state index contributed by atoms with van der Waals surface area (Å²) < 4.78 is 0. The fourth-order valence-electron chi connectivity index (χ4n) is 2.10. The van der Waals surface area contributed by atoms with Crippen LogP contribution in [0.5, 0.6) is 0 Å². The number of rotatable bonds is 4. The molecule has 19 heavy (non-hydrogen) atoms.